The van der Waals surface area contributed by atoms with Gasteiger partial charge in [0, 0.05) is 24.2 Å². The van der Waals surface area contributed by atoms with E-state index in [0.29, 0.717) is 0 Å². The van der Waals surface area contributed by atoms with Gasteiger partial charge in [0.25, 0.3) is 0 Å². The van der Waals surface area contributed by atoms with Crippen molar-refractivity contribution in [3.05, 3.63) is 0 Å². The standard InChI is InChI=1S/C28H50N4S2/c33-27(29-21-31(23-13-5-1-6-14-23)24-15-7-2-8-16-24)28(34)30-22-32(25-17-9-3-10-18-25)26-19-11-4-12-20-26/h23-26H,1-22H2,(H,29,33)(H,30,34). The molecule has 0 saturated heterocycles. The average Bonchev–Trinajstić information content (AvgIpc) is 2.91. The Kier molecular flexibility index (Phi) is 11.4. The van der Waals surface area contributed by atoms with Crippen LogP contribution in [0.15, 0.2) is 0 Å². The molecule has 34 heavy (non-hydrogen) atoms. The van der Waals surface area contributed by atoms with E-state index in [4.69, 9.17) is 24.4 Å². The van der Waals surface area contributed by atoms with Gasteiger partial charge in [0.1, 0.15) is 9.98 Å². The van der Waals surface area contributed by atoms with Gasteiger partial charge in [-0.05, 0) is 51.4 Å². The minimum Gasteiger partial charge on any atom is -0.361 e. The van der Waals surface area contributed by atoms with Crippen LogP contribution in [-0.4, -0.2) is 57.3 Å². The molecule has 0 aromatic carbocycles. The van der Waals surface area contributed by atoms with E-state index in [1.165, 1.54) is 128 Å². The fourth-order valence-corrected chi connectivity index (χ4v) is 7.52. The lowest BCUT2D eigenvalue weighted by Gasteiger charge is -2.42. The second-order valence-corrected chi connectivity index (χ2v) is 12.3. The van der Waals surface area contributed by atoms with Gasteiger partial charge in [-0.1, -0.05) is 101 Å². The van der Waals surface area contributed by atoms with Gasteiger partial charge < -0.3 is 10.6 Å². The molecule has 0 aliphatic heterocycles. The molecule has 6 heteroatoms. The van der Waals surface area contributed by atoms with Gasteiger partial charge in [-0.15, -0.1) is 0 Å². The molecule has 4 nitrogen and oxygen atoms in total. The molecule has 4 aliphatic rings. The van der Waals surface area contributed by atoms with E-state index >= 15 is 0 Å². The number of rotatable bonds is 8. The smallest absolute Gasteiger partial charge is 0.135 e. The summed E-state index contributed by atoms with van der Waals surface area (Å²) in [6.07, 6.45) is 27.5. The summed E-state index contributed by atoms with van der Waals surface area (Å²) >= 11 is 11.6. The van der Waals surface area contributed by atoms with E-state index in [1.54, 1.807) is 0 Å². The summed E-state index contributed by atoms with van der Waals surface area (Å²) in [5.74, 6) is 0. The average molecular weight is 507 g/mol. The van der Waals surface area contributed by atoms with Crippen LogP contribution in [0.4, 0.5) is 0 Å². The molecule has 0 heterocycles. The van der Waals surface area contributed by atoms with Crippen molar-refractivity contribution in [1.82, 2.24) is 20.4 Å². The van der Waals surface area contributed by atoms with Crippen LogP contribution in [0, 0.1) is 0 Å². The van der Waals surface area contributed by atoms with Crippen LogP contribution in [0.2, 0.25) is 0 Å². The summed E-state index contributed by atoms with van der Waals surface area (Å²) in [4.78, 5) is 7.03. The monoisotopic (exact) mass is 506 g/mol. The maximum Gasteiger partial charge on any atom is 0.135 e. The Morgan fingerprint density at radius 2 is 0.676 bits per heavy atom. The van der Waals surface area contributed by atoms with Gasteiger partial charge >= 0.3 is 0 Å². The van der Waals surface area contributed by atoms with Crippen molar-refractivity contribution in [2.75, 3.05) is 13.3 Å². The van der Waals surface area contributed by atoms with E-state index < -0.39 is 0 Å². The van der Waals surface area contributed by atoms with Crippen LogP contribution < -0.4 is 10.6 Å². The van der Waals surface area contributed by atoms with Crippen LogP contribution in [-0.2, 0) is 0 Å². The number of thiocarbonyl (C=S) groups is 2. The summed E-state index contributed by atoms with van der Waals surface area (Å²) in [5, 5.41) is 7.19. The molecule has 0 aromatic heterocycles. The van der Waals surface area contributed by atoms with Crippen LogP contribution >= 0.6 is 24.4 Å². The highest BCUT2D eigenvalue weighted by molar-refractivity contribution is 7.89. The van der Waals surface area contributed by atoms with Gasteiger partial charge in [0.15, 0.2) is 0 Å². The molecule has 0 unspecified atom stereocenters. The van der Waals surface area contributed by atoms with Crippen molar-refractivity contribution in [2.24, 2.45) is 0 Å². The predicted octanol–water partition coefficient (Wildman–Crippen LogP) is 6.67. The molecule has 0 aromatic rings. The Hall–Kier alpha value is -0.300. The van der Waals surface area contributed by atoms with Gasteiger partial charge in [-0.3, -0.25) is 9.80 Å². The minimum absolute atomic E-state index is 0.724. The molecule has 4 aliphatic carbocycles. The zero-order valence-corrected chi connectivity index (χ0v) is 23.2. The van der Waals surface area contributed by atoms with E-state index in [0.717, 1.165) is 47.5 Å². The van der Waals surface area contributed by atoms with Crippen molar-refractivity contribution in [3.63, 3.8) is 0 Å². The molecule has 4 rings (SSSR count). The van der Waals surface area contributed by atoms with Crippen LogP contribution in [0.25, 0.3) is 0 Å². The minimum atomic E-state index is 0.724. The molecular weight excluding hydrogens is 456 g/mol. The molecule has 0 amide bonds. The fraction of sp³-hybridized carbons (Fsp3) is 0.929. The molecule has 4 saturated carbocycles. The molecule has 2 N–H and O–H groups in total. The van der Waals surface area contributed by atoms with Crippen molar-refractivity contribution in [1.29, 1.82) is 0 Å². The fourth-order valence-electron chi connectivity index (χ4n) is 7.25. The molecule has 0 radical (unpaired) electrons. The Labute approximate surface area is 220 Å². The number of nitrogens with one attached hydrogen (secondary N) is 2. The number of nitrogens with zero attached hydrogens (tertiary/aromatic N) is 2. The second kappa shape index (κ2) is 14.4. The number of hydrogen-bond acceptors (Lipinski definition) is 4. The van der Waals surface area contributed by atoms with Gasteiger partial charge in [-0.2, -0.15) is 0 Å². The van der Waals surface area contributed by atoms with Crippen molar-refractivity contribution < 1.29 is 0 Å². The summed E-state index contributed by atoms with van der Waals surface area (Å²) in [7, 11) is 0. The summed E-state index contributed by atoms with van der Waals surface area (Å²) < 4.78 is 0. The van der Waals surface area contributed by atoms with E-state index in [-0.39, 0.29) is 0 Å². The Morgan fingerprint density at radius 3 is 0.912 bits per heavy atom. The third-order valence-electron chi connectivity index (χ3n) is 9.23. The zero-order chi connectivity index (χ0) is 23.6. The third kappa shape index (κ3) is 7.85. The SMILES string of the molecule is S=C(NCN(C1CCCCC1)C1CCCCC1)C(=S)NCN(C1CCCCC1)C1CCCCC1. The first-order valence-electron chi connectivity index (χ1n) is 14.8. The lowest BCUT2D eigenvalue weighted by Crippen LogP contribution is -2.54. The van der Waals surface area contributed by atoms with Gasteiger partial charge in [0.05, 0.1) is 13.3 Å². The summed E-state index contributed by atoms with van der Waals surface area (Å²) in [6, 6.07) is 2.90. The maximum atomic E-state index is 5.80. The summed E-state index contributed by atoms with van der Waals surface area (Å²) in [6.45, 7) is 1.73. The maximum absolute atomic E-state index is 5.80. The highest BCUT2D eigenvalue weighted by atomic mass is 32.1. The first-order chi connectivity index (χ1) is 16.7. The molecule has 4 fully saturated rings. The first kappa shape index (κ1) is 26.8. The molecular formula is C28H50N4S2. The topological polar surface area (TPSA) is 30.5 Å². The highest BCUT2D eigenvalue weighted by Gasteiger charge is 2.30. The van der Waals surface area contributed by atoms with Crippen LogP contribution in [0.3, 0.4) is 0 Å². The van der Waals surface area contributed by atoms with Crippen LogP contribution in [0.5, 0.6) is 0 Å². The predicted molar refractivity (Wildman–Crippen MR) is 152 cm³/mol. The Balaban J connectivity index is 1.29. The van der Waals surface area contributed by atoms with Crippen LogP contribution in [0.1, 0.15) is 128 Å². The second-order valence-electron chi connectivity index (χ2n) is 11.5. The highest BCUT2D eigenvalue weighted by Crippen LogP contribution is 2.31. The lowest BCUT2D eigenvalue weighted by molar-refractivity contribution is 0.0774. The first-order valence-corrected chi connectivity index (χ1v) is 15.6. The Bertz CT molecular complexity index is 528. The lowest BCUT2D eigenvalue weighted by atomic mass is 9.89. The zero-order valence-electron chi connectivity index (χ0n) is 21.6. The molecule has 194 valence electrons. The largest absolute Gasteiger partial charge is 0.361 e. The molecule has 0 atom stereocenters. The normalized spacial score (nSPS) is 24.4. The van der Waals surface area contributed by atoms with E-state index in [1.807, 2.05) is 0 Å². The third-order valence-corrected chi connectivity index (χ3v) is 10.1. The van der Waals surface area contributed by atoms with Crippen molar-refractivity contribution in [2.45, 2.75) is 153 Å². The van der Waals surface area contributed by atoms with Crippen molar-refractivity contribution in [3.8, 4) is 0 Å². The Morgan fingerprint density at radius 1 is 0.441 bits per heavy atom. The quantitative estimate of drug-likeness (QED) is 0.282. The number of hydrogen-bond donors (Lipinski definition) is 2. The van der Waals surface area contributed by atoms with Gasteiger partial charge in [0.2, 0.25) is 0 Å². The summed E-state index contributed by atoms with van der Waals surface area (Å²) in [5.41, 5.74) is 0. The van der Waals surface area contributed by atoms with Gasteiger partial charge in [-0.25, -0.2) is 0 Å². The molecule has 0 spiro atoms. The van der Waals surface area contributed by atoms with E-state index in [9.17, 15) is 0 Å². The van der Waals surface area contributed by atoms with E-state index in [2.05, 4.69) is 20.4 Å². The van der Waals surface area contributed by atoms with Crippen molar-refractivity contribution >= 4 is 34.4 Å². The molecule has 0 bridgehead atoms.